The van der Waals surface area contributed by atoms with Crippen molar-refractivity contribution in [3.63, 3.8) is 0 Å². The molecule has 3 rings (SSSR count). The average Bonchev–Trinajstić information content (AvgIpc) is 2.68. The van der Waals surface area contributed by atoms with Gasteiger partial charge in [0.05, 0.1) is 16.7 Å². The minimum Gasteiger partial charge on any atom is -0.399 e. The third-order valence-electron chi connectivity index (χ3n) is 3.31. The lowest BCUT2D eigenvalue weighted by Crippen LogP contribution is -2.15. The third-order valence-corrected chi connectivity index (χ3v) is 3.31. The van der Waals surface area contributed by atoms with Crippen molar-refractivity contribution in [3.05, 3.63) is 58.0 Å². The van der Waals surface area contributed by atoms with Crippen LogP contribution in [0.25, 0.3) is 16.7 Å². The Morgan fingerprint density at radius 2 is 1.89 bits per heavy atom. The SMILES string of the molecule is Cc1ccc(C)c(-n2c(=O)[nH]c3ccc(N)cc32)c1. The summed E-state index contributed by atoms with van der Waals surface area (Å²) in [5.74, 6) is 0. The molecule has 4 nitrogen and oxygen atoms in total. The second-order valence-corrected chi connectivity index (χ2v) is 4.83. The molecular formula is C15H15N3O. The number of hydrogen-bond donors (Lipinski definition) is 2. The van der Waals surface area contributed by atoms with Crippen molar-refractivity contribution in [2.75, 3.05) is 5.73 Å². The van der Waals surface area contributed by atoms with Crippen LogP contribution in [-0.4, -0.2) is 9.55 Å². The number of aromatic amines is 1. The number of rotatable bonds is 1. The van der Waals surface area contributed by atoms with Crippen molar-refractivity contribution < 1.29 is 0 Å². The number of aromatic nitrogens is 2. The summed E-state index contributed by atoms with van der Waals surface area (Å²) in [4.78, 5) is 15.0. The van der Waals surface area contributed by atoms with Crippen molar-refractivity contribution in [1.29, 1.82) is 0 Å². The number of hydrogen-bond acceptors (Lipinski definition) is 2. The Kier molecular flexibility index (Phi) is 2.45. The first-order valence-corrected chi connectivity index (χ1v) is 6.14. The van der Waals surface area contributed by atoms with Gasteiger partial charge in [0, 0.05) is 5.69 Å². The van der Waals surface area contributed by atoms with Crippen molar-refractivity contribution in [2.24, 2.45) is 0 Å². The molecule has 19 heavy (non-hydrogen) atoms. The minimum atomic E-state index is -0.144. The summed E-state index contributed by atoms with van der Waals surface area (Å²) < 4.78 is 1.67. The zero-order chi connectivity index (χ0) is 13.6. The lowest BCUT2D eigenvalue weighted by molar-refractivity contribution is 1.00. The number of H-pyrrole nitrogens is 1. The largest absolute Gasteiger partial charge is 0.399 e. The molecule has 1 heterocycles. The van der Waals surface area contributed by atoms with Crippen LogP contribution in [0, 0.1) is 13.8 Å². The Balaban J connectivity index is 2.42. The highest BCUT2D eigenvalue weighted by atomic mass is 16.1. The molecule has 1 aromatic heterocycles. The number of nitrogens with zero attached hydrogens (tertiary/aromatic N) is 1. The highest BCUT2D eigenvalue weighted by Gasteiger charge is 2.11. The van der Waals surface area contributed by atoms with Gasteiger partial charge in [-0.1, -0.05) is 12.1 Å². The maximum atomic E-state index is 12.2. The molecule has 3 N–H and O–H groups in total. The van der Waals surface area contributed by atoms with Gasteiger partial charge in [0.2, 0.25) is 0 Å². The van der Waals surface area contributed by atoms with Crippen LogP contribution in [0.5, 0.6) is 0 Å². The Morgan fingerprint density at radius 1 is 1.11 bits per heavy atom. The highest BCUT2D eigenvalue weighted by Crippen LogP contribution is 2.21. The first kappa shape index (κ1) is 11.6. The molecule has 4 heteroatoms. The van der Waals surface area contributed by atoms with Crippen molar-refractivity contribution in [3.8, 4) is 5.69 Å². The average molecular weight is 253 g/mol. The van der Waals surface area contributed by atoms with Gasteiger partial charge in [-0.2, -0.15) is 0 Å². The number of benzene rings is 2. The number of nitrogen functional groups attached to an aromatic ring is 1. The molecule has 0 aliphatic carbocycles. The van der Waals surface area contributed by atoms with E-state index >= 15 is 0 Å². The predicted octanol–water partition coefficient (Wildman–Crippen LogP) is 2.52. The van der Waals surface area contributed by atoms with Gasteiger partial charge < -0.3 is 10.7 Å². The molecule has 0 saturated carbocycles. The smallest absolute Gasteiger partial charge is 0.331 e. The zero-order valence-corrected chi connectivity index (χ0v) is 10.9. The van der Waals surface area contributed by atoms with Gasteiger partial charge in [0.15, 0.2) is 0 Å². The molecular weight excluding hydrogens is 238 g/mol. The van der Waals surface area contributed by atoms with Gasteiger partial charge in [-0.15, -0.1) is 0 Å². The summed E-state index contributed by atoms with van der Waals surface area (Å²) in [6, 6.07) is 11.5. The van der Waals surface area contributed by atoms with Gasteiger partial charge in [-0.3, -0.25) is 4.57 Å². The van der Waals surface area contributed by atoms with E-state index in [1.165, 1.54) is 0 Å². The van der Waals surface area contributed by atoms with E-state index in [9.17, 15) is 4.79 Å². The molecule has 0 amide bonds. The van der Waals surface area contributed by atoms with Crippen LogP contribution in [0.15, 0.2) is 41.2 Å². The molecule has 2 aromatic carbocycles. The standard InChI is InChI=1S/C15H15N3O/c1-9-3-4-10(2)13(7-9)18-14-8-11(16)5-6-12(14)17-15(18)19/h3-8H,16H2,1-2H3,(H,17,19). The van der Waals surface area contributed by atoms with E-state index in [0.29, 0.717) is 5.69 Å². The first-order chi connectivity index (χ1) is 9.06. The van der Waals surface area contributed by atoms with Crippen LogP contribution in [0.3, 0.4) is 0 Å². The van der Waals surface area contributed by atoms with Gasteiger partial charge >= 0.3 is 5.69 Å². The van der Waals surface area contributed by atoms with Crippen molar-refractivity contribution in [2.45, 2.75) is 13.8 Å². The van der Waals surface area contributed by atoms with Crippen LogP contribution < -0.4 is 11.4 Å². The predicted molar refractivity (Wildman–Crippen MR) is 77.8 cm³/mol. The molecule has 3 aromatic rings. The van der Waals surface area contributed by atoms with Gasteiger partial charge in [-0.25, -0.2) is 4.79 Å². The molecule has 0 spiro atoms. The van der Waals surface area contributed by atoms with Gasteiger partial charge in [-0.05, 0) is 49.2 Å². The first-order valence-electron chi connectivity index (χ1n) is 6.14. The summed E-state index contributed by atoms with van der Waals surface area (Å²) in [7, 11) is 0. The number of nitrogens with two attached hydrogens (primary N) is 1. The number of fused-ring (bicyclic) bond motifs is 1. The van der Waals surface area contributed by atoms with Crippen molar-refractivity contribution in [1.82, 2.24) is 9.55 Å². The van der Waals surface area contributed by atoms with E-state index in [1.807, 2.05) is 44.2 Å². The maximum Gasteiger partial charge on any atom is 0.331 e. The number of nitrogens with one attached hydrogen (secondary N) is 1. The quantitative estimate of drug-likeness (QED) is 0.654. The van der Waals surface area contributed by atoms with Crippen LogP contribution in [0.2, 0.25) is 0 Å². The number of aryl methyl sites for hydroxylation is 2. The molecule has 0 saturated heterocycles. The molecule has 0 aliphatic rings. The van der Waals surface area contributed by atoms with E-state index in [-0.39, 0.29) is 5.69 Å². The highest BCUT2D eigenvalue weighted by molar-refractivity contribution is 5.81. The normalized spacial score (nSPS) is 11.1. The Bertz CT molecular complexity index is 827. The van der Waals surface area contributed by atoms with Gasteiger partial charge in [0.1, 0.15) is 0 Å². The molecule has 0 fully saturated rings. The van der Waals surface area contributed by atoms with E-state index in [1.54, 1.807) is 10.6 Å². The second-order valence-electron chi connectivity index (χ2n) is 4.83. The summed E-state index contributed by atoms with van der Waals surface area (Å²) in [6.45, 7) is 4.00. The van der Waals surface area contributed by atoms with E-state index < -0.39 is 0 Å². The summed E-state index contributed by atoms with van der Waals surface area (Å²) in [5, 5.41) is 0. The molecule has 0 unspecified atom stereocenters. The lowest BCUT2D eigenvalue weighted by Gasteiger charge is -2.08. The fourth-order valence-corrected chi connectivity index (χ4v) is 2.32. The fraction of sp³-hybridized carbons (Fsp3) is 0.133. The summed E-state index contributed by atoms with van der Waals surface area (Å²) in [5.41, 5.74) is 11.0. The Morgan fingerprint density at radius 3 is 2.68 bits per heavy atom. The summed E-state index contributed by atoms with van der Waals surface area (Å²) >= 11 is 0. The second kappa shape index (κ2) is 4.02. The number of imidazole rings is 1. The van der Waals surface area contributed by atoms with Crippen LogP contribution >= 0.6 is 0 Å². The maximum absolute atomic E-state index is 12.2. The van der Waals surface area contributed by atoms with Crippen LogP contribution in [-0.2, 0) is 0 Å². The van der Waals surface area contributed by atoms with E-state index in [2.05, 4.69) is 4.98 Å². The molecule has 0 bridgehead atoms. The monoisotopic (exact) mass is 253 g/mol. The lowest BCUT2D eigenvalue weighted by atomic mass is 10.1. The van der Waals surface area contributed by atoms with E-state index in [4.69, 9.17) is 5.73 Å². The Labute approximate surface area is 110 Å². The fourth-order valence-electron chi connectivity index (χ4n) is 2.32. The zero-order valence-electron chi connectivity index (χ0n) is 10.9. The van der Waals surface area contributed by atoms with E-state index in [0.717, 1.165) is 27.8 Å². The summed E-state index contributed by atoms with van der Waals surface area (Å²) in [6.07, 6.45) is 0. The minimum absolute atomic E-state index is 0.144. The molecule has 0 aliphatic heterocycles. The molecule has 96 valence electrons. The van der Waals surface area contributed by atoms with Crippen molar-refractivity contribution >= 4 is 16.7 Å². The molecule has 0 atom stereocenters. The van der Waals surface area contributed by atoms with Crippen LogP contribution in [0.4, 0.5) is 5.69 Å². The van der Waals surface area contributed by atoms with Gasteiger partial charge in [0.25, 0.3) is 0 Å². The number of anilines is 1. The third kappa shape index (κ3) is 1.81. The van der Waals surface area contributed by atoms with Crippen LogP contribution in [0.1, 0.15) is 11.1 Å². The Hall–Kier alpha value is -2.49. The topological polar surface area (TPSA) is 63.8 Å². The molecule has 0 radical (unpaired) electrons.